The summed E-state index contributed by atoms with van der Waals surface area (Å²) in [4.78, 5) is 11.0. The number of rotatable bonds is 3. The van der Waals surface area contributed by atoms with Crippen molar-refractivity contribution in [2.24, 2.45) is 5.92 Å². The molecule has 0 heterocycles. The first-order chi connectivity index (χ1) is 6.65. The summed E-state index contributed by atoms with van der Waals surface area (Å²) in [6.45, 7) is 0. The summed E-state index contributed by atoms with van der Waals surface area (Å²) in [6, 6.07) is 0. The van der Waals surface area contributed by atoms with E-state index in [1.165, 1.54) is 13.2 Å². The highest BCUT2D eigenvalue weighted by Crippen LogP contribution is 2.31. The van der Waals surface area contributed by atoms with Crippen LogP contribution in [0.25, 0.3) is 0 Å². The molecule has 5 heteroatoms. The van der Waals surface area contributed by atoms with Gasteiger partial charge >= 0.3 is 13.1 Å². The first kappa shape index (κ1) is 11.3. The highest BCUT2D eigenvalue weighted by atomic mass is 16.5. The van der Waals surface area contributed by atoms with Crippen LogP contribution in [0, 0.1) is 5.92 Å². The average Bonchev–Trinajstić information content (AvgIpc) is 2.65. The van der Waals surface area contributed by atoms with Crippen molar-refractivity contribution in [2.45, 2.75) is 25.7 Å². The Morgan fingerprint density at radius 3 is 2.43 bits per heavy atom. The van der Waals surface area contributed by atoms with Crippen molar-refractivity contribution in [2.75, 3.05) is 7.11 Å². The van der Waals surface area contributed by atoms with Gasteiger partial charge in [0.1, 0.15) is 0 Å². The van der Waals surface area contributed by atoms with Gasteiger partial charge in [-0.3, -0.25) is 0 Å². The van der Waals surface area contributed by atoms with Gasteiger partial charge in [0.15, 0.2) is 0 Å². The molecular formula is C9H15BO4. The lowest BCUT2D eigenvalue weighted by Crippen LogP contribution is -2.22. The second kappa shape index (κ2) is 5.17. The Balaban J connectivity index is 2.72. The van der Waals surface area contributed by atoms with Crippen LogP contribution >= 0.6 is 0 Å². The van der Waals surface area contributed by atoms with E-state index in [1.54, 1.807) is 0 Å². The minimum absolute atomic E-state index is 0.120. The molecule has 0 aromatic rings. The Morgan fingerprint density at radius 1 is 1.43 bits per heavy atom. The smallest absolute Gasteiger partial charge is 0.466 e. The van der Waals surface area contributed by atoms with Crippen LogP contribution in [0.4, 0.5) is 0 Å². The molecule has 1 saturated carbocycles. The largest absolute Gasteiger partial charge is 0.484 e. The molecule has 0 spiro atoms. The molecule has 0 radical (unpaired) electrons. The average molecular weight is 198 g/mol. The summed E-state index contributed by atoms with van der Waals surface area (Å²) < 4.78 is 4.45. The minimum atomic E-state index is -1.54. The van der Waals surface area contributed by atoms with E-state index in [-0.39, 0.29) is 5.92 Å². The lowest BCUT2D eigenvalue weighted by Gasteiger charge is -2.12. The van der Waals surface area contributed by atoms with E-state index in [9.17, 15) is 4.79 Å². The highest BCUT2D eigenvalue weighted by molar-refractivity contribution is 6.51. The molecule has 0 atom stereocenters. The molecule has 0 aromatic carbocycles. The summed E-state index contributed by atoms with van der Waals surface area (Å²) in [5.74, 6) is -0.408. The van der Waals surface area contributed by atoms with Crippen LogP contribution in [0.5, 0.6) is 0 Å². The zero-order valence-electron chi connectivity index (χ0n) is 8.27. The molecule has 1 rings (SSSR count). The van der Waals surface area contributed by atoms with Gasteiger partial charge in [0.05, 0.1) is 7.11 Å². The molecule has 4 nitrogen and oxygen atoms in total. The molecular weight excluding hydrogens is 183 g/mol. The molecule has 0 saturated heterocycles. The fourth-order valence-electron chi connectivity index (χ4n) is 1.86. The van der Waals surface area contributed by atoms with E-state index in [0.717, 1.165) is 25.7 Å². The number of hydrogen-bond acceptors (Lipinski definition) is 4. The van der Waals surface area contributed by atoms with E-state index in [4.69, 9.17) is 10.0 Å². The lowest BCUT2D eigenvalue weighted by molar-refractivity contribution is -0.134. The molecule has 1 fully saturated rings. The predicted octanol–water partition coefficient (Wildman–Crippen LogP) is 0.288. The Kier molecular flexibility index (Phi) is 4.16. The monoisotopic (exact) mass is 198 g/mol. The fraction of sp³-hybridized carbons (Fsp3) is 0.667. The molecule has 14 heavy (non-hydrogen) atoms. The third-order valence-corrected chi connectivity index (χ3v) is 2.61. The number of esters is 1. The van der Waals surface area contributed by atoms with Gasteiger partial charge in [-0.25, -0.2) is 4.79 Å². The van der Waals surface area contributed by atoms with Crippen LogP contribution in [-0.2, 0) is 9.53 Å². The van der Waals surface area contributed by atoms with Crippen LogP contribution in [0.15, 0.2) is 11.5 Å². The second-order valence-electron chi connectivity index (χ2n) is 3.52. The van der Waals surface area contributed by atoms with E-state index in [2.05, 4.69) is 4.74 Å². The highest BCUT2D eigenvalue weighted by Gasteiger charge is 2.27. The zero-order valence-corrected chi connectivity index (χ0v) is 8.27. The molecule has 1 aliphatic rings. The van der Waals surface area contributed by atoms with Gasteiger partial charge in [0.2, 0.25) is 0 Å². The van der Waals surface area contributed by atoms with Crippen LogP contribution in [0.2, 0.25) is 0 Å². The third kappa shape index (κ3) is 2.85. The molecule has 0 aromatic heterocycles. The van der Waals surface area contributed by atoms with Crippen molar-refractivity contribution in [3.63, 3.8) is 0 Å². The van der Waals surface area contributed by atoms with Crippen molar-refractivity contribution >= 4 is 13.1 Å². The summed E-state index contributed by atoms with van der Waals surface area (Å²) in [5.41, 5.74) is 0.384. The number of carbonyl (C=O) groups excluding carboxylic acids is 1. The Labute approximate surface area is 83.7 Å². The molecule has 0 amide bonds. The number of ether oxygens (including phenoxy) is 1. The standard InChI is InChI=1S/C9H15BO4/c1-14-9(11)6-8(10(12)13)7-4-2-3-5-7/h6-7,12-13H,2-5H2,1H3/b8-6+. The van der Waals surface area contributed by atoms with Gasteiger partial charge in [0.25, 0.3) is 0 Å². The van der Waals surface area contributed by atoms with Crippen molar-refractivity contribution < 1.29 is 19.6 Å². The predicted molar refractivity (Wildman–Crippen MR) is 52.2 cm³/mol. The topological polar surface area (TPSA) is 66.8 Å². The first-order valence-corrected chi connectivity index (χ1v) is 4.80. The molecule has 78 valence electrons. The third-order valence-electron chi connectivity index (χ3n) is 2.61. The molecule has 0 bridgehead atoms. The van der Waals surface area contributed by atoms with Crippen molar-refractivity contribution in [3.8, 4) is 0 Å². The Bertz CT molecular complexity index is 231. The normalized spacial score (nSPS) is 18.4. The maximum Gasteiger partial charge on any atom is 0.484 e. The van der Waals surface area contributed by atoms with E-state index in [1.807, 2.05) is 0 Å². The molecule has 0 aliphatic heterocycles. The van der Waals surface area contributed by atoms with Gasteiger partial charge in [-0.05, 0) is 24.2 Å². The number of hydrogen-bond donors (Lipinski definition) is 2. The van der Waals surface area contributed by atoms with E-state index >= 15 is 0 Å². The van der Waals surface area contributed by atoms with Gasteiger partial charge in [-0.15, -0.1) is 0 Å². The summed E-state index contributed by atoms with van der Waals surface area (Å²) in [6.07, 6.45) is 5.19. The maximum absolute atomic E-state index is 11.0. The summed E-state index contributed by atoms with van der Waals surface area (Å²) in [7, 11) is -0.272. The Hall–Kier alpha value is -0.805. The number of allylic oxidation sites excluding steroid dienone is 1. The van der Waals surface area contributed by atoms with Gasteiger partial charge in [-0.2, -0.15) is 0 Å². The minimum Gasteiger partial charge on any atom is -0.466 e. The maximum atomic E-state index is 11.0. The number of carbonyl (C=O) groups is 1. The Morgan fingerprint density at radius 2 is 2.00 bits per heavy atom. The summed E-state index contributed by atoms with van der Waals surface area (Å²) in [5, 5.41) is 18.2. The molecule has 0 unspecified atom stereocenters. The SMILES string of the molecule is COC(=O)/C=C(/B(O)O)C1CCCC1. The van der Waals surface area contributed by atoms with E-state index < -0.39 is 13.1 Å². The fourth-order valence-corrected chi connectivity index (χ4v) is 1.86. The van der Waals surface area contributed by atoms with Crippen LogP contribution < -0.4 is 0 Å². The zero-order chi connectivity index (χ0) is 10.6. The van der Waals surface area contributed by atoms with Crippen molar-refractivity contribution in [1.82, 2.24) is 0 Å². The molecule has 1 aliphatic carbocycles. The first-order valence-electron chi connectivity index (χ1n) is 4.80. The van der Waals surface area contributed by atoms with Crippen LogP contribution in [0.3, 0.4) is 0 Å². The van der Waals surface area contributed by atoms with Crippen LogP contribution in [-0.4, -0.2) is 30.2 Å². The summed E-state index contributed by atoms with van der Waals surface area (Å²) >= 11 is 0. The molecule has 2 N–H and O–H groups in total. The lowest BCUT2D eigenvalue weighted by atomic mass is 9.71. The number of methoxy groups -OCH3 is 1. The second-order valence-corrected chi connectivity index (χ2v) is 3.52. The van der Waals surface area contributed by atoms with Gasteiger partial charge in [-0.1, -0.05) is 12.8 Å². The van der Waals surface area contributed by atoms with Gasteiger partial charge in [0, 0.05) is 6.08 Å². The van der Waals surface area contributed by atoms with Gasteiger partial charge < -0.3 is 14.8 Å². The van der Waals surface area contributed by atoms with Crippen molar-refractivity contribution in [1.29, 1.82) is 0 Å². The quantitative estimate of drug-likeness (QED) is 0.388. The van der Waals surface area contributed by atoms with Crippen molar-refractivity contribution in [3.05, 3.63) is 11.5 Å². The van der Waals surface area contributed by atoms with Crippen LogP contribution in [0.1, 0.15) is 25.7 Å². The van der Waals surface area contributed by atoms with E-state index in [0.29, 0.717) is 5.47 Å².